The summed E-state index contributed by atoms with van der Waals surface area (Å²) in [6.07, 6.45) is 0. The predicted octanol–water partition coefficient (Wildman–Crippen LogP) is 4.93. The number of hydrogen-bond acceptors (Lipinski definition) is 2. The van der Waals surface area contributed by atoms with E-state index in [1.807, 2.05) is 49.4 Å². The van der Waals surface area contributed by atoms with E-state index in [2.05, 4.69) is 25.5 Å². The van der Waals surface area contributed by atoms with Gasteiger partial charge in [-0.1, -0.05) is 22.0 Å². The van der Waals surface area contributed by atoms with Crippen LogP contribution in [0.3, 0.4) is 0 Å². The molecule has 0 atom stereocenters. The van der Waals surface area contributed by atoms with E-state index in [0.29, 0.717) is 12.5 Å². The Kier molecular flexibility index (Phi) is 4.17. The molecule has 0 aliphatic carbocycles. The Hall–Kier alpha value is -1.52. The minimum absolute atomic E-state index is 0.352. The van der Waals surface area contributed by atoms with Crippen molar-refractivity contribution in [3.8, 4) is 11.4 Å². The largest absolute Gasteiger partial charge is 0.494 e. The number of halogens is 2. The molecule has 0 saturated heterocycles. The first-order valence-electron chi connectivity index (χ1n) is 6.69. The lowest BCUT2D eigenvalue weighted by Crippen LogP contribution is -2.00. The molecule has 2 aromatic carbocycles. The molecule has 1 heterocycles. The maximum atomic E-state index is 6.07. The van der Waals surface area contributed by atoms with Gasteiger partial charge in [-0.3, -0.25) is 4.57 Å². The van der Waals surface area contributed by atoms with Crippen molar-refractivity contribution < 1.29 is 4.74 Å². The highest BCUT2D eigenvalue weighted by molar-refractivity contribution is 9.10. The van der Waals surface area contributed by atoms with E-state index in [1.54, 1.807) is 0 Å². The van der Waals surface area contributed by atoms with Gasteiger partial charge < -0.3 is 4.74 Å². The first-order chi connectivity index (χ1) is 10.2. The van der Waals surface area contributed by atoms with Gasteiger partial charge in [0.1, 0.15) is 11.6 Å². The fourth-order valence-electron chi connectivity index (χ4n) is 2.36. The molecule has 0 amide bonds. The van der Waals surface area contributed by atoms with Crippen LogP contribution in [-0.2, 0) is 5.88 Å². The second-order valence-corrected chi connectivity index (χ2v) is 5.74. The van der Waals surface area contributed by atoms with Crippen molar-refractivity contribution in [3.05, 3.63) is 52.8 Å². The summed E-state index contributed by atoms with van der Waals surface area (Å²) in [4.78, 5) is 4.59. The van der Waals surface area contributed by atoms with Crippen molar-refractivity contribution in [2.75, 3.05) is 6.61 Å². The summed E-state index contributed by atoms with van der Waals surface area (Å²) in [6.45, 7) is 2.61. The molecule has 0 aliphatic rings. The molecule has 5 heteroatoms. The average Bonchev–Trinajstić information content (AvgIpc) is 2.85. The molecule has 0 bridgehead atoms. The summed E-state index contributed by atoms with van der Waals surface area (Å²) < 4.78 is 8.66. The maximum Gasteiger partial charge on any atom is 0.129 e. The van der Waals surface area contributed by atoms with Gasteiger partial charge in [0.2, 0.25) is 0 Å². The molecule has 0 unspecified atom stereocenters. The molecule has 108 valence electrons. The predicted molar refractivity (Wildman–Crippen MR) is 89.5 cm³/mol. The average molecular weight is 366 g/mol. The third-order valence-electron chi connectivity index (χ3n) is 3.19. The van der Waals surface area contributed by atoms with Crippen LogP contribution >= 0.6 is 27.5 Å². The van der Waals surface area contributed by atoms with Crippen molar-refractivity contribution in [1.82, 2.24) is 9.55 Å². The summed E-state index contributed by atoms with van der Waals surface area (Å²) in [5.74, 6) is 2.01. The van der Waals surface area contributed by atoms with Crippen LogP contribution in [0, 0.1) is 0 Å². The van der Waals surface area contributed by atoms with Gasteiger partial charge in [-0.2, -0.15) is 0 Å². The Morgan fingerprint density at radius 3 is 2.86 bits per heavy atom. The van der Waals surface area contributed by atoms with Crippen LogP contribution < -0.4 is 4.74 Å². The number of nitrogens with zero attached hydrogens (tertiary/aromatic N) is 2. The Morgan fingerprint density at radius 1 is 1.24 bits per heavy atom. The van der Waals surface area contributed by atoms with E-state index in [-0.39, 0.29) is 0 Å². The van der Waals surface area contributed by atoms with Crippen LogP contribution in [0.2, 0.25) is 0 Å². The van der Waals surface area contributed by atoms with Crippen LogP contribution in [0.15, 0.2) is 46.9 Å². The molecule has 1 aromatic heterocycles. The van der Waals surface area contributed by atoms with Gasteiger partial charge in [-0.05, 0) is 37.3 Å². The summed E-state index contributed by atoms with van der Waals surface area (Å²) in [5.41, 5.74) is 2.95. The van der Waals surface area contributed by atoms with Crippen LogP contribution in [-0.4, -0.2) is 16.2 Å². The first kappa shape index (κ1) is 14.4. The van der Waals surface area contributed by atoms with E-state index in [1.165, 1.54) is 0 Å². The molecule has 0 radical (unpaired) electrons. The number of ether oxygens (including phenoxy) is 1. The highest BCUT2D eigenvalue weighted by atomic mass is 79.9. The standard InChI is InChI=1S/C16H14BrClN2O/c1-2-21-13-5-3-4-12(9-13)20-15-8-11(17)6-7-14(15)19-16(20)10-18/h3-9H,2,10H2,1H3. The van der Waals surface area contributed by atoms with E-state index in [0.717, 1.165) is 32.8 Å². The zero-order valence-electron chi connectivity index (χ0n) is 11.5. The van der Waals surface area contributed by atoms with Crippen LogP contribution in [0.4, 0.5) is 0 Å². The molecule has 3 rings (SSSR count). The fourth-order valence-corrected chi connectivity index (χ4v) is 2.88. The molecule has 0 aliphatic heterocycles. The minimum atomic E-state index is 0.352. The number of benzene rings is 2. The van der Waals surface area contributed by atoms with Gasteiger partial charge >= 0.3 is 0 Å². The molecular formula is C16H14BrClN2O. The number of aromatic nitrogens is 2. The highest BCUT2D eigenvalue weighted by Gasteiger charge is 2.12. The van der Waals surface area contributed by atoms with Gasteiger partial charge in [0.15, 0.2) is 0 Å². The highest BCUT2D eigenvalue weighted by Crippen LogP contribution is 2.27. The van der Waals surface area contributed by atoms with Crippen molar-refractivity contribution in [2.45, 2.75) is 12.8 Å². The third-order valence-corrected chi connectivity index (χ3v) is 3.92. The monoisotopic (exact) mass is 364 g/mol. The Labute approximate surface area is 136 Å². The number of rotatable bonds is 4. The lowest BCUT2D eigenvalue weighted by Gasteiger charge is -2.10. The van der Waals surface area contributed by atoms with Crippen molar-refractivity contribution >= 4 is 38.6 Å². The van der Waals surface area contributed by atoms with Gasteiger partial charge in [0.05, 0.1) is 29.2 Å². The second-order valence-electron chi connectivity index (χ2n) is 4.56. The lowest BCUT2D eigenvalue weighted by atomic mass is 10.2. The molecule has 0 spiro atoms. The van der Waals surface area contributed by atoms with E-state index >= 15 is 0 Å². The number of hydrogen-bond donors (Lipinski definition) is 0. The lowest BCUT2D eigenvalue weighted by molar-refractivity contribution is 0.340. The maximum absolute atomic E-state index is 6.07. The Balaban J connectivity index is 2.22. The van der Waals surface area contributed by atoms with Crippen molar-refractivity contribution in [3.63, 3.8) is 0 Å². The number of fused-ring (bicyclic) bond motifs is 1. The molecule has 3 nitrogen and oxygen atoms in total. The van der Waals surface area contributed by atoms with Crippen LogP contribution in [0.25, 0.3) is 16.7 Å². The summed E-state index contributed by atoms with van der Waals surface area (Å²) >= 11 is 9.58. The van der Waals surface area contributed by atoms with Crippen LogP contribution in [0.1, 0.15) is 12.7 Å². The fraction of sp³-hybridized carbons (Fsp3) is 0.188. The summed E-state index contributed by atoms with van der Waals surface area (Å²) in [5, 5.41) is 0. The molecule has 0 fully saturated rings. The Morgan fingerprint density at radius 2 is 2.10 bits per heavy atom. The molecule has 0 N–H and O–H groups in total. The van der Waals surface area contributed by atoms with E-state index in [4.69, 9.17) is 16.3 Å². The van der Waals surface area contributed by atoms with E-state index in [9.17, 15) is 0 Å². The minimum Gasteiger partial charge on any atom is -0.494 e. The summed E-state index contributed by atoms with van der Waals surface area (Å²) in [7, 11) is 0. The quantitative estimate of drug-likeness (QED) is 0.613. The van der Waals surface area contributed by atoms with Gasteiger partial charge in [-0.25, -0.2) is 4.98 Å². The zero-order chi connectivity index (χ0) is 14.8. The second kappa shape index (κ2) is 6.08. The number of alkyl halides is 1. The molecular weight excluding hydrogens is 352 g/mol. The van der Waals surface area contributed by atoms with Crippen molar-refractivity contribution in [2.24, 2.45) is 0 Å². The molecule has 0 saturated carbocycles. The van der Waals surface area contributed by atoms with Crippen molar-refractivity contribution in [1.29, 1.82) is 0 Å². The van der Waals surface area contributed by atoms with Crippen LogP contribution in [0.5, 0.6) is 5.75 Å². The number of imidazole rings is 1. The van der Waals surface area contributed by atoms with Gasteiger partial charge in [0.25, 0.3) is 0 Å². The first-order valence-corrected chi connectivity index (χ1v) is 8.01. The smallest absolute Gasteiger partial charge is 0.129 e. The topological polar surface area (TPSA) is 27.1 Å². The van der Waals surface area contributed by atoms with Gasteiger partial charge in [0, 0.05) is 10.5 Å². The third kappa shape index (κ3) is 2.78. The van der Waals surface area contributed by atoms with Gasteiger partial charge in [-0.15, -0.1) is 11.6 Å². The summed E-state index contributed by atoms with van der Waals surface area (Å²) in [6, 6.07) is 14.0. The molecule has 21 heavy (non-hydrogen) atoms. The zero-order valence-corrected chi connectivity index (χ0v) is 13.9. The Bertz CT molecular complexity index is 785. The molecule has 3 aromatic rings. The van der Waals surface area contributed by atoms with E-state index < -0.39 is 0 Å². The SMILES string of the molecule is CCOc1cccc(-n2c(CCl)nc3ccc(Br)cc32)c1. The normalized spacial score (nSPS) is 11.0.